The van der Waals surface area contributed by atoms with Gasteiger partial charge in [-0.2, -0.15) is 0 Å². The van der Waals surface area contributed by atoms with E-state index in [2.05, 4.69) is 6.58 Å². The molecular weight excluding hydrogens is 215 g/mol. The molecule has 4 heteroatoms. The minimum atomic E-state index is -0.939. The lowest BCUT2D eigenvalue weighted by Crippen LogP contribution is -2.14. The van der Waals surface area contributed by atoms with E-state index in [1.54, 1.807) is 0 Å². The Balaban J connectivity index is 2.90. The number of rotatable bonds is 4. The summed E-state index contributed by atoms with van der Waals surface area (Å²) in [4.78, 5) is 0. The molecule has 0 aliphatic rings. The van der Waals surface area contributed by atoms with E-state index in [0.717, 1.165) is 5.57 Å². The summed E-state index contributed by atoms with van der Waals surface area (Å²) >= 11 is 0. The number of hydrogen-bond donors (Lipinski definition) is 1. The van der Waals surface area contributed by atoms with Crippen LogP contribution in [0.3, 0.4) is 0 Å². The summed E-state index contributed by atoms with van der Waals surface area (Å²) in [5.74, 6) is -2.82. The first-order valence-corrected chi connectivity index (χ1v) is 4.96. The summed E-state index contributed by atoms with van der Waals surface area (Å²) in [6, 6.07) is 0.496. The summed E-state index contributed by atoms with van der Waals surface area (Å²) in [7, 11) is 0. The van der Waals surface area contributed by atoms with Crippen LogP contribution in [0.25, 0.3) is 0 Å². The second-order valence-electron chi connectivity index (χ2n) is 3.89. The maximum atomic E-state index is 13.3. The second-order valence-corrected chi connectivity index (χ2v) is 3.89. The average Bonchev–Trinajstić information content (AvgIpc) is 2.12. The smallest absolute Gasteiger partial charge is 0.133 e. The maximum absolute atomic E-state index is 13.3. The Labute approximate surface area is 92.8 Å². The molecule has 1 aromatic carbocycles. The van der Waals surface area contributed by atoms with E-state index in [1.165, 1.54) is 0 Å². The van der Waals surface area contributed by atoms with Crippen molar-refractivity contribution in [2.45, 2.75) is 25.8 Å². The van der Waals surface area contributed by atoms with Gasteiger partial charge in [-0.1, -0.05) is 5.57 Å². The van der Waals surface area contributed by atoms with Gasteiger partial charge in [-0.25, -0.2) is 13.2 Å². The molecule has 1 rings (SSSR count). The highest BCUT2D eigenvalue weighted by Crippen LogP contribution is 2.24. The Morgan fingerprint density at radius 2 is 1.81 bits per heavy atom. The zero-order valence-corrected chi connectivity index (χ0v) is 9.06. The van der Waals surface area contributed by atoms with Crippen molar-refractivity contribution in [1.82, 2.24) is 0 Å². The molecule has 0 radical (unpaired) electrons. The minimum absolute atomic E-state index is 0.261. The number of hydrogen-bond acceptors (Lipinski definition) is 1. The van der Waals surface area contributed by atoms with Gasteiger partial charge in [0.2, 0.25) is 0 Å². The molecule has 0 fully saturated rings. The van der Waals surface area contributed by atoms with Crippen molar-refractivity contribution in [2.75, 3.05) is 0 Å². The summed E-state index contributed by atoms with van der Waals surface area (Å²) in [5, 5.41) is 0. The molecule has 88 valence electrons. The van der Waals surface area contributed by atoms with Crippen LogP contribution < -0.4 is 5.73 Å². The van der Waals surface area contributed by atoms with E-state index in [9.17, 15) is 13.2 Å². The van der Waals surface area contributed by atoms with Crippen LogP contribution in [0.1, 0.15) is 31.4 Å². The maximum Gasteiger partial charge on any atom is 0.133 e. The molecular formula is C12H14F3N. The summed E-state index contributed by atoms with van der Waals surface area (Å²) in [5.41, 5.74) is 6.28. The van der Waals surface area contributed by atoms with Crippen molar-refractivity contribution in [3.8, 4) is 0 Å². The first-order chi connectivity index (χ1) is 7.41. The molecule has 1 aromatic rings. The molecule has 0 aliphatic carbocycles. The van der Waals surface area contributed by atoms with Gasteiger partial charge in [0.1, 0.15) is 17.5 Å². The molecule has 2 N–H and O–H groups in total. The predicted molar refractivity (Wildman–Crippen MR) is 57.3 cm³/mol. The zero-order chi connectivity index (χ0) is 12.3. The van der Waals surface area contributed by atoms with Crippen molar-refractivity contribution >= 4 is 0 Å². The van der Waals surface area contributed by atoms with Gasteiger partial charge in [-0.05, 0) is 19.8 Å². The van der Waals surface area contributed by atoms with Crippen LogP contribution in [-0.2, 0) is 0 Å². The molecule has 0 bridgehead atoms. The summed E-state index contributed by atoms with van der Waals surface area (Å²) in [6.45, 7) is 5.49. The number of halogens is 3. The molecule has 1 unspecified atom stereocenters. The largest absolute Gasteiger partial charge is 0.324 e. The molecule has 0 saturated heterocycles. The third-order valence-electron chi connectivity index (χ3n) is 2.30. The Hall–Kier alpha value is -1.29. The molecule has 0 heterocycles. The van der Waals surface area contributed by atoms with Gasteiger partial charge in [0.05, 0.1) is 0 Å². The van der Waals surface area contributed by atoms with Gasteiger partial charge >= 0.3 is 0 Å². The van der Waals surface area contributed by atoms with Crippen molar-refractivity contribution in [3.63, 3.8) is 0 Å². The van der Waals surface area contributed by atoms with Crippen molar-refractivity contribution < 1.29 is 13.2 Å². The van der Waals surface area contributed by atoms with Gasteiger partial charge in [-0.15, -0.1) is 6.58 Å². The van der Waals surface area contributed by atoms with Crippen LogP contribution in [0.4, 0.5) is 13.2 Å². The third kappa shape index (κ3) is 3.10. The topological polar surface area (TPSA) is 26.0 Å². The fourth-order valence-electron chi connectivity index (χ4n) is 1.45. The van der Waals surface area contributed by atoms with Crippen molar-refractivity contribution in [3.05, 3.63) is 47.3 Å². The zero-order valence-electron chi connectivity index (χ0n) is 9.06. The molecule has 0 aromatic heterocycles. The molecule has 0 saturated carbocycles. The first-order valence-electron chi connectivity index (χ1n) is 4.96. The van der Waals surface area contributed by atoms with Crippen LogP contribution >= 0.6 is 0 Å². The SMILES string of the molecule is C=C(C)CCC(N)c1c(F)cc(F)cc1F. The fourth-order valence-corrected chi connectivity index (χ4v) is 1.45. The highest BCUT2D eigenvalue weighted by Gasteiger charge is 2.17. The minimum Gasteiger partial charge on any atom is -0.324 e. The summed E-state index contributed by atoms with van der Waals surface area (Å²) in [6.07, 6.45) is 0.965. The van der Waals surface area contributed by atoms with Crippen LogP contribution in [-0.4, -0.2) is 0 Å². The van der Waals surface area contributed by atoms with E-state index in [0.29, 0.717) is 25.0 Å². The van der Waals surface area contributed by atoms with E-state index in [-0.39, 0.29) is 5.56 Å². The molecule has 1 nitrogen and oxygen atoms in total. The fraction of sp³-hybridized carbons (Fsp3) is 0.333. The van der Waals surface area contributed by atoms with Gasteiger partial charge in [-0.3, -0.25) is 0 Å². The standard InChI is InChI=1S/C12H14F3N/c1-7(2)3-4-11(16)12-9(14)5-8(13)6-10(12)15/h5-6,11H,1,3-4,16H2,2H3. The molecule has 0 amide bonds. The molecule has 0 spiro atoms. The lowest BCUT2D eigenvalue weighted by Gasteiger charge is -2.13. The van der Waals surface area contributed by atoms with Gasteiger partial charge in [0.15, 0.2) is 0 Å². The molecule has 16 heavy (non-hydrogen) atoms. The lowest BCUT2D eigenvalue weighted by molar-refractivity contribution is 0.493. The molecule has 0 aliphatic heterocycles. The Morgan fingerprint density at radius 3 is 2.25 bits per heavy atom. The van der Waals surface area contributed by atoms with Crippen molar-refractivity contribution in [2.24, 2.45) is 5.73 Å². The van der Waals surface area contributed by atoms with E-state index in [1.807, 2.05) is 6.92 Å². The lowest BCUT2D eigenvalue weighted by atomic mass is 9.99. The third-order valence-corrected chi connectivity index (χ3v) is 2.30. The van der Waals surface area contributed by atoms with Crippen LogP contribution in [0.5, 0.6) is 0 Å². The monoisotopic (exact) mass is 229 g/mol. The first kappa shape index (κ1) is 12.8. The van der Waals surface area contributed by atoms with Gasteiger partial charge in [0.25, 0.3) is 0 Å². The number of benzene rings is 1. The van der Waals surface area contributed by atoms with E-state index >= 15 is 0 Å². The predicted octanol–water partition coefficient (Wildman–Crippen LogP) is 3.46. The summed E-state index contributed by atoms with van der Waals surface area (Å²) < 4.78 is 39.3. The highest BCUT2D eigenvalue weighted by molar-refractivity contribution is 5.24. The Bertz CT molecular complexity index is 378. The Morgan fingerprint density at radius 1 is 1.31 bits per heavy atom. The Kier molecular flexibility index (Phi) is 4.12. The van der Waals surface area contributed by atoms with Gasteiger partial charge < -0.3 is 5.73 Å². The quantitative estimate of drug-likeness (QED) is 0.786. The van der Waals surface area contributed by atoms with E-state index < -0.39 is 23.5 Å². The van der Waals surface area contributed by atoms with Crippen LogP contribution in [0, 0.1) is 17.5 Å². The normalized spacial score (nSPS) is 12.6. The molecule has 1 atom stereocenters. The average molecular weight is 229 g/mol. The second kappa shape index (κ2) is 5.16. The van der Waals surface area contributed by atoms with Crippen LogP contribution in [0.15, 0.2) is 24.3 Å². The van der Waals surface area contributed by atoms with Crippen LogP contribution in [0.2, 0.25) is 0 Å². The van der Waals surface area contributed by atoms with Gasteiger partial charge in [0, 0.05) is 23.7 Å². The highest BCUT2D eigenvalue weighted by atomic mass is 19.1. The number of allylic oxidation sites excluding steroid dienone is 1. The van der Waals surface area contributed by atoms with E-state index in [4.69, 9.17) is 5.73 Å². The van der Waals surface area contributed by atoms with Crippen molar-refractivity contribution in [1.29, 1.82) is 0 Å². The number of nitrogens with two attached hydrogens (primary N) is 1.